The Morgan fingerprint density at radius 2 is 1.92 bits per heavy atom. The summed E-state index contributed by atoms with van der Waals surface area (Å²) in [6.07, 6.45) is 0.870. The van der Waals surface area contributed by atoms with Gasteiger partial charge < -0.3 is 10.2 Å². The van der Waals surface area contributed by atoms with Gasteiger partial charge in [0.05, 0.1) is 12.6 Å². The molecule has 0 radical (unpaired) electrons. The van der Waals surface area contributed by atoms with Crippen LogP contribution in [0.25, 0.3) is 0 Å². The summed E-state index contributed by atoms with van der Waals surface area (Å²) in [5.74, 6) is -0.145. The number of nitrogens with zero attached hydrogens (tertiary/aromatic N) is 1. The third-order valence-electron chi connectivity index (χ3n) is 4.48. The van der Waals surface area contributed by atoms with E-state index in [-0.39, 0.29) is 24.4 Å². The molecule has 132 valence electrons. The lowest BCUT2D eigenvalue weighted by Crippen LogP contribution is -2.47. The molecule has 3 rings (SSSR count). The van der Waals surface area contributed by atoms with Crippen LogP contribution in [0.5, 0.6) is 0 Å². The number of amides is 2. The summed E-state index contributed by atoms with van der Waals surface area (Å²) in [6.45, 7) is 6.25. The molecule has 0 spiro atoms. The molecule has 1 atom stereocenters. The van der Waals surface area contributed by atoms with Gasteiger partial charge in [0.1, 0.15) is 0 Å². The van der Waals surface area contributed by atoms with Gasteiger partial charge in [-0.2, -0.15) is 0 Å². The van der Waals surface area contributed by atoms with E-state index in [9.17, 15) is 9.59 Å². The first-order valence-electron chi connectivity index (χ1n) is 8.57. The van der Waals surface area contributed by atoms with E-state index in [0.29, 0.717) is 6.54 Å². The van der Waals surface area contributed by atoms with Crippen LogP contribution in [-0.2, 0) is 16.0 Å². The van der Waals surface area contributed by atoms with Crippen molar-refractivity contribution in [1.29, 1.82) is 0 Å². The van der Waals surface area contributed by atoms with E-state index in [1.165, 1.54) is 10.4 Å². The molecular formula is C20H24N2O2S. The number of carbonyl (C=O) groups is 2. The first-order chi connectivity index (χ1) is 11.9. The highest BCUT2D eigenvalue weighted by molar-refractivity contribution is 7.10. The standard InChI is InChI=1S/C20H24N2O2S/c1-20(2,3)19(24)21-13-17(23)22-11-9-16-15(10-12-25-16)18(22)14-7-5-4-6-8-14/h4-8,10,12,18H,9,11,13H2,1-3H3,(H,21,24)/t18-/m1/s1. The fourth-order valence-corrected chi connectivity index (χ4v) is 4.01. The van der Waals surface area contributed by atoms with Gasteiger partial charge in [0.25, 0.3) is 0 Å². The molecule has 4 nitrogen and oxygen atoms in total. The Hall–Kier alpha value is -2.14. The lowest BCUT2D eigenvalue weighted by Gasteiger charge is -2.36. The van der Waals surface area contributed by atoms with E-state index >= 15 is 0 Å². The van der Waals surface area contributed by atoms with E-state index in [0.717, 1.165) is 12.0 Å². The van der Waals surface area contributed by atoms with Crippen molar-refractivity contribution in [2.75, 3.05) is 13.1 Å². The maximum Gasteiger partial charge on any atom is 0.242 e. The Bertz CT molecular complexity index is 762. The predicted octanol–water partition coefficient (Wildman–Crippen LogP) is 3.38. The molecule has 0 fully saturated rings. The molecule has 1 aliphatic heterocycles. The second-order valence-corrected chi connectivity index (χ2v) is 8.38. The Morgan fingerprint density at radius 1 is 1.20 bits per heavy atom. The van der Waals surface area contributed by atoms with E-state index in [1.54, 1.807) is 11.3 Å². The van der Waals surface area contributed by atoms with Crippen LogP contribution < -0.4 is 5.32 Å². The molecular weight excluding hydrogens is 332 g/mol. The van der Waals surface area contributed by atoms with Crippen molar-refractivity contribution >= 4 is 23.2 Å². The number of nitrogens with one attached hydrogen (secondary N) is 1. The lowest BCUT2D eigenvalue weighted by atomic mass is 9.93. The molecule has 2 amide bonds. The molecule has 25 heavy (non-hydrogen) atoms. The van der Waals surface area contributed by atoms with Crippen LogP contribution in [0.1, 0.15) is 42.8 Å². The minimum Gasteiger partial charge on any atom is -0.347 e. The van der Waals surface area contributed by atoms with Crippen LogP contribution in [0.2, 0.25) is 0 Å². The fourth-order valence-electron chi connectivity index (χ4n) is 3.10. The van der Waals surface area contributed by atoms with Gasteiger partial charge >= 0.3 is 0 Å². The molecule has 5 heteroatoms. The zero-order valence-electron chi connectivity index (χ0n) is 14.9. The van der Waals surface area contributed by atoms with E-state index < -0.39 is 5.41 Å². The summed E-state index contributed by atoms with van der Waals surface area (Å²) >= 11 is 1.75. The maximum absolute atomic E-state index is 12.9. The largest absolute Gasteiger partial charge is 0.347 e. The third kappa shape index (κ3) is 3.76. The van der Waals surface area contributed by atoms with Crippen LogP contribution in [0.4, 0.5) is 0 Å². The third-order valence-corrected chi connectivity index (χ3v) is 5.48. The number of hydrogen-bond acceptors (Lipinski definition) is 3. The van der Waals surface area contributed by atoms with Crippen molar-refractivity contribution in [1.82, 2.24) is 10.2 Å². The van der Waals surface area contributed by atoms with Gasteiger partial charge in [-0.1, -0.05) is 51.1 Å². The topological polar surface area (TPSA) is 49.4 Å². The van der Waals surface area contributed by atoms with Crippen LogP contribution >= 0.6 is 11.3 Å². The number of fused-ring (bicyclic) bond motifs is 1. The van der Waals surface area contributed by atoms with Crippen molar-refractivity contribution in [3.05, 3.63) is 57.8 Å². The molecule has 0 aliphatic carbocycles. The Labute approximate surface area is 152 Å². The summed E-state index contributed by atoms with van der Waals surface area (Å²) in [5, 5.41) is 4.88. The molecule has 0 unspecified atom stereocenters. The van der Waals surface area contributed by atoms with Gasteiger partial charge in [0.15, 0.2) is 0 Å². The smallest absolute Gasteiger partial charge is 0.242 e. The molecule has 1 N–H and O–H groups in total. The average molecular weight is 356 g/mol. The van der Waals surface area contributed by atoms with Gasteiger partial charge in [-0.3, -0.25) is 9.59 Å². The number of rotatable bonds is 3. The normalized spacial score (nSPS) is 17.1. The van der Waals surface area contributed by atoms with Gasteiger partial charge in [0, 0.05) is 16.8 Å². The molecule has 1 aromatic carbocycles. The summed E-state index contributed by atoms with van der Waals surface area (Å²) < 4.78 is 0. The first-order valence-corrected chi connectivity index (χ1v) is 9.45. The molecule has 0 saturated heterocycles. The summed E-state index contributed by atoms with van der Waals surface area (Å²) in [6, 6.07) is 12.1. The van der Waals surface area contributed by atoms with Crippen LogP contribution in [0.3, 0.4) is 0 Å². The molecule has 0 bridgehead atoms. The van der Waals surface area contributed by atoms with Crippen LogP contribution in [-0.4, -0.2) is 29.8 Å². The van der Waals surface area contributed by atoms with E-state index in [1.807, 2.05) is 43.9 Å². The zero-order valence-corrected chi connectivity index (χ0v) is 15.7. The number of hydrogen-bond donors (Lipinski definition) is 1. The Morgan fingerprint density at radius 3 is 2.60 bits per heavy atom. The van der Waals surface area contributed by atoms with E-state index in [4.69, 9.17) is 0 Å². The fraction of sp³-hybridized carbons (Fsp3) is 0.400. The number of benzene rings is 1. The molecule has 2 heterocycles. The Balaban J connectivity index is 1.82. The Kier molecular flexibility index (Phi) is 4.95. The second kappa shape index (κ2) is 7.00. The van der Waals surface area contributed by atoms with Gasteiger partial charge in [-0.25, -0.2) is 0 Å². The minimum absolute atomic E-state index is 0.0386. The highest BCUT2D eigenvalue weighted by Gasteiger charge is 2.33. The van der Waals surface area contributed by atoms with Gasteiger partial charge in [0.2, 0.25) is 11.8 Å². The molecule has 1 aliphatic rings. The molecule has 2 aromatic rings. The summed E-state index contributed by atoms with van der Waals surface area (Å²) in [7, 11) is 0. The van der Waals surface area contributed by atoms with Crippen molar-refractivity contribution in [2.24, 2.45) is 5.41 Å². The first kappa shape index (κ1) is 17.7. The van der Waals surface area contributed by atoms with Gasteiger partial charge in [-0.05, 0) is 29.0 Å². The second-order valence-electron chi connectivity index (χ2n) is 7.38. The average Bonchev–Trinajstić information content (AvgIpc) is 3.07. The summed E-state index contributed by atoms with van der Waals surface area (Å²) in [5.41, 5.74) is 1.82. The van der Waals surface area contributed by atoms with Crippen molar-refractivity contribution in [3.8, 4) is 0 Å². The molecule has 1 aromatic heterocycles. The monoisotopic (exact) mass is 356 g/mol. The van der Waals surface area contributed by atoms with Gasteiger partial charge in [-0.15, -0.1) is 11.3 Å². The van der Waals surface area contributed by atoms with Crippen molar-refractivity contribution in [2.45, 2.75) is 33.2 Å². The van der Waals surface area contributed by atoms with Crippen LogP contribution in [0.15, 0.2) is 41.8 Å². The van der Waals surface area contributed by atoms with Crippen molar-refractivity contribution < 1.29 is 9.59 Å². The molecule has 0 saturated carbocycles. The SMILES string of the molecule is CC(C)(C)C(=O)NCC(=O)N1CCc2sccc2[C@H]1c1ccccc1. The van der Waals surface area contributed by atoms with Crippen molar-refractivity contribution in [3.63, 3.8) is 0 Å². The highest BCUT2D eigenvalue weighted by Crippen LogP contribution is 2.37. The highest BCUT2D eigenvalue weighted by atomic mass is 32.1. The predicted molar refractivity (Wildman–Crippen MR) is 100 cm³/mol. The quantitative estimate of drug-likeness (QED) is 0.916. The minimum atomic E-state index is -0.498. The maximum atomic E-state index is 12.9. The van der Waals surface area contributed by atoms with Crippen LogP contribution in [0, 0.1) is 5.41 Å². The van der Waals surface area contributed by atoms with E-state index in [2.05, 4.69) is 28.9 Å². The lowest BCUT2D eigenvalue weighted by molar-refractivity contribution is -0.136. The summed E-state index contributed by atoms with van der Waals surface area (Å²) in [4.78, 5) is 28.2. The number of thiophene rings is 1. The zero-order chi connectivity index (χ0) is 18.0. The number of carbonyl (C=O) groups excluding carboxylic acids is 2.